The minimum absolute atomic E-state index is 0.932. The molecular weight excluding hydrogens is 224 g/mol. The Morgan fingerprint density at radius 3 is 1.78 bits per heavy atom. The van der Waals surface area contributed by atoms with Crippen LogP contribution in [0.25, 0.3) is 32.8 Å². The highest BCUT2D eigenvalue weighted by atomic mass is 14.9. The number of hydrogen-bond acceptors (Lipinski definition) is 2. The van der Waals surface area contributed by atoms with Crippen LogP contribution in [0.5, 0.6) is 0 Å². The summed E-state index contributed by atoms with van der Waals surface area (Å²) in [5, 5.41) is 2.30. The molecule has 4 heteroatoms. The monoisotopic (exact) mass is 236 g/mol. The van der Waals surface area contributed by atoms with E-state index < -0.39 is 0 Å². The van der Waals surface area contributed by atoms with Crippen LogP contribution in [-0.2, 0) is 0 Å². The van der Waals surface area contributed by atoms with Crippen molar-refractivity contribution in [2.75, 3.05) is 0 Å². The molecule has 4 nitrogen and oxygen atoms in total. The second kappa shape index (κ2) is 3.10. The van der Waals surface area contributed by atoms with E-state index in [1.54, 1.807) is 0 Å². The average Bonchev–Trinajstić information content (AvgIpc) is 2.88. The van der Waals surface area contributed by atoms with Crippen molar-refractivity contribution in [2.45, 2.75) is 13.8 Å². The quantitative estimate of drug-likeness (QED) is 0.492. The highest BCUT2D eigenvalue weighted by Gasteiger charge is 2.10. The Labute approximate surface area is 103 Å². The molecule has 0 aliphatic rings. The van der Waals surface area contributed by atoms with Crippen molar-refractivity contribution < 1.29 is 0 Å². The summed E-state index contributed by atoms with van der Waals surface area (Å²) in [6.07, 6.45) is 0. The standard InChI is InChI=1S/C14H12N4/c1-7-15-10-5-3-9-4-6-11-14(18-8(2)16-11)12(9)13(10)17-7/h3-6H,1-2H3,(H,15,17)(H,16,18). The molecule has 4 aromatic rings. The largest absolute Gasteiger partial charge is 0.342 e. The van der Waals surface area contributed by atoms with Gasteiger partial charge in [-0.1, -0.05) is 12.1 Å². The van der Waals surface area contributed by atoms with Crippen molar-refractivity contribution in [3.63, 3.8) is 0 Å². The first-order valence-electron chi connectivity index (χ1n) is 5.97. The molecule has 2 aromatic heterocycles. The predicted molar refractivity (Wildman–Crippen MR) is 72.7 cm³/mol. The zero-order valence-corrected chi connectivity index (χ0v) is 10.2. The van der Waals surface area contributed by atoms with Gasteiger partial charge in [0.05, 0.1) is 22.1 Å². The summed E-state index contributed by atoms with van der Waals surface area (Å²) in [6.45, 7) is 3.95. The maximum Gasteiger partial charge on any atom is 0.104 e. The van der Waals surface area contributed by atoms with E-state index in [1.165, 1.54) is 5.39 Å². The van der Waals surface area contributed by atoms with E-state index in [4.69, 9.17) is 0 Å². The first-order valence-corrected chi connectivity index (χ1v) is 5.97. The molecule has 0 bridgehead atoms. The Morgan fingerprint density at radius 1 is 0.778 bits per heavy atom. The fraction of sp³-hybridized carbons (Fsp3) is 0.143. The van der Waals surface area contributed by atoms with Gasteiger partial charge in [0.15, 0.2) is 0 Å². The number of benzene rings is 2. The number of rotatable bonds is 0. The molecule has 2 aromatic carbocycles. The number of imidazole rings is 2. The molecule has 0 fully saturated rings. The molecule has 0 radical (unpaired) electrons. The van der Waals surface area contributed by atoms with E-state index in [0.29, 0.717) is 0 Å². The third kappa shape index (κ3) is 1.14. The molecule has 0 atom stereocenters. The maximum atomic E-state index is 4.59. The van der Waals surface area contributed by atoms with Gasteiger partial charge >= 0.3 is 0 Å². The smallest absolute Gasteiger partial charge is 0.104 e. The molecule has 0 unspecified atom stereocenters. The number of aryl methyl sites for hydroxylation is 2. The number of aromatic amines is 2. The van der Waals surface area contributed by atoms with Gasteiger partial charge in [-0.15, -0.1) is 0 Å². The van der Waals surface area contributed by atoms with E-state index in [0.717, 1.165) is 39.1 Å². The van der Waals surface area contributed by atoms with Gasteiger partial charge in [-0.05, 0) is 31.4 Å². The third-order valence-electron chi connectivity index (χ3n) is 3.32. The maximum absolute atomic E-state index is 4.59. The van der Waals surface area contributed by atoms with Crippen molar-refractivity contribution in [1.29, 1.82) is 0 Å². The van der Waals surface area contributed by atoms with Crippen molar-refractivity contribution in [1.82, 2.24) is 19.9 Å². The van der Waals surface area contributed by atoms with E-state index in [1.807, 2.05) is 13.8 Å². The minimum atomic E-state index is 0.932. The van der Waals surface area contributed by atoms with Crippen molar-refractivity contribution in [3.05, 3.63) is 35.9 Å². The fourth-order valence-electron chi connectivity index (χ4n) is 2.60. The molecule has 0 spiro atoms. The molecule has 18 heavy (non-hydrogen) atoms. The number of fused-ring (bicyclic) bond motifs is 5. The Kier molecular flexibility index (Phi) is 1.66. The van der Waals surface area contributed by atoms with Crippen molar-refractivity contribution in [2.24, 2.45) is 0 Å². The fourth-order valence-corrected chi connectivity index (χ4v) is 2.60. The van der Waals surface area contributed by atoms with Crippen molar-refractivity contribution >= 4 is 32.8 Å². The summed E-state index contributed by atoms with van der Waals surface area (Å²) in [5.41, 5.74) is 4.13. The molecule has 4 rings (SSSR count). The summed E-state index contributed by atoms with van der Waals surface area (Å²) >= 11 is 0. The zero-order valence-electron chi connectivity index (χ0n) is 10.2. The highest BCUT2D eigenvalue weighted by molar-refractivity contribution is 6.16. The van der Waals surface area contributed by atoms with E-state index in [9.17, 15) is 0 Å². The summed E-state index contributed by atoms with van der Waals surface area (Å²) in [5.74, 6) is 1.86. The molecule has 2 heterocycles. The number of aromatic nitrogens is 4. The summed E-state index contributed by atoms with van der Waals surface area (Å²) in [6, 6.07) is 8.36. The van der Waals surface area contributed by atoms with Gasteiger partial charge in [0.2, 0.25) is 0 Å². The number of hydrogen-bond donors (Lipinski definition) is 2. The lowest BCUT2D eigenvalue weighted by Crippen LogP contribution is -1.79. The van der Waals surface area contributed by atoms with Gasteiger partial charge in [0.1, 0.15) is 11.6 Å². The topological polar surface area (TPSA) is 57.4 Å². The lowest BCUT2D eigenvalue weighted by Gasteiger charge is -1.99. The van der Waals surface area contributed by atoms with Gasteiger partial charge in [-0.25, -0.2) is 9.97 Å². The lowest BCUT2D eigenvalue weighted by molar-refractivity contribution is 1.17. The Bertz CT molecular complexity index is 827. The third-order valence-corrected chi connectivity index (χ3v) is 3.32. The summed E-state index contributed by atoms with van der Waals surface area (Å²) in [4.78, 5) is 15.7. The van der Waals surface area contributed by atoms with Crippen LogP contribution in [-0.4, -0.2) is 19.9 Å². The van der Waals surface area contributed by atoms with Gasteiger partial charge in [0, 0.05) is 5.39 Å². The molecule has 2 N–H and O–H groups in total. The van der Waals surface area contributed by atoms with Crippen LogP contribution in [0, 0.1) is 13.8 Å². The minimum Gasteiger partial charge on any atom is -0.342 e. The van der Waals surface area contributed by atoms with Crippen LogP contribution < -0.4 is 0 Å². The first-order chi connectivity index (χ1) is 8.72. The molecule has 0 saturated carbocycles. The molecular formula is C14H12N4. The molecule has 0 amide bonds. The van der Waals surface area contributed by atoms with Crippen LogP contribution in [0.15, 0.2) is 24.3 Å². The molecule has 0 aliphatic carbocycles. The molecule has 88 valence electrons. The summed E-state index contributed by atoms with van der Waals surface area (Å²) < 4.78 is 0. The second-order valence-electron chi connectivity index (χ2n) is 4.67. The van der Waals surface area contributed by atoms with E-state index >= 15 is 0 Å². The van der Waals surface area contributed by atoms with Gasteiger partial charge in [0.25, 0.3) is 0 Å². The Hall–Kier alpha value is -2.36. The summed E-state index contributed by atoms with van der Waals surface area (Å²) in [7, 11) is 0. The van der Waals surface area contributed by atoms with E-state index in [-0.39, 0.29) is 0 Å². The lowest BCUT2D eigenvalue weighted by atomic mass is 10.1. The molecule has 0 saturated heterocycles. The van der Waals surface area contributed by atoms with Crippen LogP contribution in [0.2, 0.25) is 0 Å². The van der Waals surface area contributed by atoms with Crippen molar-refractivity contribution in [3.8, 4) is 0 Å². The first kappa shape index (κ1) is 9.65. The van der Waals surface area contributed by atoms with Crippen LogP contribution in [0.4, 0.5) is 0 Å². The normalized spacial score (nSPS) is 11.9. The second-order valence-corrected chi connectivity index (χ2v) is 4.67. The number of nitrogens with one attached hydrogen (secondary N) is 2. The average molecular weight is 236 g/mol. The Morgan fingerprint density at radius 2 is 1.28 bits per heavy atom. The number of nitrogens with zero attached hydrogens (tertiary/aromatic N) is 2. The van der Waals surface area contributed by atoms with Gasteiger partial charge < -0.3 is 9.97 Å². The highest BCUT2D eigenvalue weighted by Crippen LogP contribution is 2.29. The molecule has 0 aliphatic heterocycles. The SMILES string of the molecule is Cc1nc2c(ccc3ccc4[nH]c(C)nc4c32)[nH]1. The number of H-pyrrole nitrogens is 2. The predicted octanol–water partition coefficient (Wildman–Crippen LogP) is 3.21. The Balaban J connectivity index is 2.36. The van der Waals surface area contributed by atoms with Crippen LogP contribution in [0.3, 0.4) is 0 Å². The van der Waals surface area contributed by atoms with Crippen LogP contribution >= 0.6 is 0 Å². The van der Waals surface area contributed by atoms with Gasteiger partial charge in [-0.3, -0.25) is 0 Å². The van der Waals surface area contributed by atoms with E-state index in [2.05, 4.69) is 44.2 Å². The van der Waals surface area contributed by atoms with Crippen LogP contribution in [0.1, 0.15) is 11.6 Å². The zero-order chi connectivity index (χ0) is 12.3. The van der Waals surface area contributed by atoms with Gasteiger partial charge in [-0.2, -0.15) is 0 Å².